The number of piperidine rings is 1. The van der Waals surface area contributed by atoms with E-state index in [4.69, 9.17) is 0 Å². The second-order valence-electron chi connectivity index (χ2n) is 7.63. The number of carbonyl (C=O) groups excluding carboxylic acids is 1. The number of likely N-dealkylation sites (tertiary alicyclic amines) is 1. The summed E-state index contributed by atoms with van der Waals surface area (Å²) < 4.78 is 0. The molecule has 3 heterocycles. The Bertz CT molecular complexity index is 554. The van der Waals surface area contributed by atoms with Gasteiger partial charge in [0, 0.05) is 45.6 Å². The Morgan fingerprint density at radius 2 is 2.00 bits per heavy atom. The van der Waals surface area contributed by atoms with Gasteiger partial charge < -0.3 is 4.90 Å². The molecule has 132 valence electrons. The fourth-order valence-electron chi connectivity index (χ4n) is 4.00. The molecule has 2 unspecified atom stereocenters. The molecule has 6 nitrogen and oxygen atoms in total. The van der Waals surface area contributed by atoms with Crippen LogP contribution in [0.25, 0.3) is 0 Å². The molecule has 2 aliphatic rings. The highest BCUT2D eigenvalue weighted by Gasteiger charge is 2.46. The van der Waals surface area contributed by atoms with Gasteiger partial charge in [-0.05, 0) is 49.0 Å². The summed E-state index contributed by atoms with van der Waals surface area (Å²) in [6, 6.07) is 4.37. The molecule has 0 spiro atoms. The molecular formula is C18H29N5O. The summed E-state index contributed by atoms with van der Waals surface area (Å²) in [4.78, 5) is 20.8. The van der Waals surface area contributed by atoms with E-state index in [9.17, 15) is 4.79 Å². The molecule has 0 radical (unpaired) electrons. The number of hydrogen-bond acceptors (Lipinski definition) is 5. The Morgan fingerprint density at radius 3 is 2.62 bits per heavy atom. The lowest BCUT2D eigenvalue weighted by Crippen LogP contribution is -2.53. The maximum Gasteiger partial charge on any atom is 0.228 e. The average Bonchev–Trinajstić information content (AvgIpc) is 3.08. The smallest absolute Gasteiger partial charge is 0.228 e. The molecule has 1 aromatic rings. The topological polar surface area (TPSA) is 60.5 Å². The zero-order chi connectivity index (χ0) is 17.2. The van der Waals surface area contributed by atoms with Crippen LogP contribution >= 0.6 is 0 Å². The van der Waals surface area contributed by atoms with Gasteiger partial charge in [0.05, 0.1) is 5.92 Å². The van der Waals surface area contributed by atoms with E-state index in [-0.39, 0.29) is 23.3 Å². The van der Waals surface area contributed by atoms with Crippen LogP contribution in [0.2, 0.25) is 0 Å². The van der Waals surface area contributed by atoms with Gasteiger partial charge in [-0.3, -0.25) is 25.5 Å². The first-order valence-corrected chi connectivity index (χ1v) is 8.80. The maximum absolute atomic E-state index is 12.5. The predicted molar refractivity (Wildman–Crippen MR) is 94.0 cm³/mol. The molecule has 2 aliphatic heterocycles. The number of rotatable bonds is 4. The van der Waals surface area contributed by atoms with Crippen molar-refractivity contribution in [3.05, 3.63) is 30.1 Å². The largest absolute Gasteiger partial charge is 0.348 e. The highest BCUT2D eigenvalue weighted by Crippen LogP contribution is 2.39. The fourth-order valence-corrected chi connectivity index (χ4v) is 4.00. The van der Waals surface area contributed by atoms with E-state index in [1.807, 2.05) is 26.5 Å². The molecule has 6 heteroatoms. The lowest BCUT2D eigenvalue weighted by atomic mass is 9.70. The minimum absolute atomic E-state index is 0.0248. The van der Waals surface area contributed by atoms with Crippen molar-refractivity contribution in [2.75, 3.05) is 33.7 Å². The normalized spacial score (nSPS) is 27.1. The third kappa shape index (κ3) is 3.61. The molecular weight excluding hydrogens is 302 g/mol. The van der Waals surface area contributed by atoms with Crippen molar-refractivity contribution in [1.82, 2.24) is 25.6 Å². The minimum Gasteiger partial charge on any atom is -0.348 e. The van der Waals surface area contributed by atoms with E-state index in [2.05, 4.69) is 39.8 Å². The standard InChI is InChI=1S/C18H29N5O/c1-18(16-15(12-20-21-16)17(24)22(2)3)6-10-23(11-7-18)13-14-4-8-19-9-5-14/h4-5,8-9,15-16,20-21H,6-7,10-13H2,1-3H3. The number of hydrazine groups is 1. The van der Waals surface area contributed by atoms with Gasteiger partial charge in [0.2, 0.25) is 5.91 Å². The molecule has 1 amide bonds. The van der Waals surface area contributed by atoms with E-state index in [0.717, 1.165) is 39.0 Å². The van der Waals surface area contributed by atoms with Crippen LogP contribution in [0.4, 0.5) is 0 Å². The number of carbonyl (C=O) groups is 1. The molecule has 2 atom stereocenters. The first kappa shape index (κ1) is 17.3. The summed E-state index contributed by atoms with van der Waals surface area (Å²) in [5, 5.41) is 0. The predicted octanol–water partition coefficient (Wildman–Crippen LogP) is 0.865. The second kappa shape index (κ2) is 7.17. The van der Waals surface area contributed by atoms with Crippen molar-refractivity contribution >= 4 is 5.91 Å². The molecule has 3 rings (SSSR count). The minimum atomic E-state index is 0.0248. The van der Waals surface area contributed by atoms with Gasteiger partial charge in [-0.2, -0.15) is 0 Å². The second-order valence-corrected chi connectivity index (χ2v) is 7.63. The van der Waals surface area contributed by atoms with Crippen LogP contribution in [0.5, 0.6) is 0 Å². The number of amides is 1. The van der Waals surface area contributed by atoms with Gasteiger partial charge >= 0.3 is 0 Å². The summed E-state index contributed by atoms with van der Waals surface area (Å²) >= 11 is 0. The van der Waals surface area contributed by atoms with Gasteiger partial charge in [0.15, 0.2) is 0 Å². The van der Waals surface area contributed by atoms with Gasteiger partial charge in [-0.25, -0.2) is 0 Å². The number of nitrogens with one attached hydrogen (secondary N) is 2. The van der Waals surface area contributed by atoms with Crippen molar-refractivity contribution in [3.8, 4) is 0 Å². The average molecular weight is 331 g/mol. The Labute approximate surface area is 144 Å². The SMILES string of the molecule is CN(C)C(=O)C1CNNC1C1(C)CCN(Cc2ccncc2)CC1. The van der Waals surface area contributed by atoms with Crippen molar-refractivity contribution in [1.29, 1.82) is 0 Å². The third-order valence-electron chi connectivity index (χ3n) is 5.64. The van der Waals surface area contributed by atoms with Crippen LogP contribution in [-0.2, 0) is 11.3 Å². The van der Waals surface area contributed by atoms with Crippen molar-refractivity contribution in [3.63, 3.8) is 0 Å². The van der Waals surface area contributed by atoms with E-state index >= 15 is 0 Å². The number of aromatic nitrogens is 1. The summed E-state index contributed by atoms with van der Waals surface area (Å²) in [7, 11) is 3.69. The molecule has 1 aromatic heterocycles. The molecule has 0 aliphatic carbocycles. The quantitative estimate of drug-likeness (QED) is 0.857. The maximum atomic E-state index is 12.5. The van der Waals surface area contributed by atoms with Crippen LogP contribution in [0.3, 0.4) is 0 Å². The van der Waals surface area contributed by atoms with Crippen LogP contribution in [0.1, 0.15) is 25.3 Å². The Hall–Kier alpha value is -1.50. The van der Waals surface area contributed by atoms with E-state index in [0.29, 0.717) is 0 Å². The highest BCUT2D eigenvalue weighted by molar-refractivity contribution is 5.79. The number of hydrogen-bond donors (Lipinski definition) is 2. The summed E-state index contributed by atoms with van der Waals surface area (Å²) in [6.07, 6.45) is 5.92. The van der Waals surface area contributed by atoms with Crippen molar-refractivity contribution < 1.29 is 4.79 Å². The molecule has 0 saturated carbocycles. The van der Waals surface area contributed by atoms with Crippen LogP contribution < -0.4 is 10.9 Å². The van der Waals surface area contributed by atoms with Crippen LogP contribution in [-0.4, -0.2) is 60.5 Å². The number of pyridine rings is 1. The zero-order valence-corrected chi connectivity index (χ0v) is 15.0. The molecule has 2 N–H and O–H groups in total. The van der Waals surface area contributed by atoms with Gasteiger partial charge in [-0.1, -0.05) is 6.92 Å². The van der Waals surface area contributed by atoms with Crippen molar-refractivity contribution in [2.45, 2.75) is 32.4 Å². The molecule has 24 heavy (non-hydrogen) atoms. The Balaban J connectivity index is 1.60. The molecule has 0 bridgehead atoms. The number of nitrogens with zero attached hydrogens (tertiary/aromatic N) is 3. The lowest BCUT2D eigenvalue weighted by Gasteiger charge is -2.44. The third-order valence-corrected chi connectivity index (χ3v) is 5.64. The monoisotopic (exact) mass is 331 g/mol. The van der Waals surface area contributed by atoms with Gasteiger partial charge in [0.1, 0.15) is 0 Å². The first-order chi connectivity index (χ1) is 11.5. The van der Waals surface area contributed by atoms with Gasteiger partial charge in [0.25, 0.3) is 0 Å². The molecule has 2 fully saturated rings. The van der Waals surface area contributed by atoms with Crippen molar-refractivity contribution in [2.24, 2.45) is 11.3 Å². The van der Waals surface area contributed by atoms with Gasteiger partial charge in [-0.15, -0.1) is 0 Å². The highest BCUT2D eigenvalue weighted by atomic mass is 16.2. The van der Waals surface area contributed by atoms with E-state index in [1.165, 1.54) is 5.56 Å². The fraction of sp³-hybridized carbons (Fsp3) is 0.667. The lowest BCUT2D eigenvalue weighted by molar-refractivity contribution is -0.134. The van der Waals surface area contributed by atoms with E-state index in [1.54, 1.807) is 4.90 Å². The van der Waals surface area contributed by atoms with Crippen LogP contribution in [0, 0.1) is 11.3 Å². The first-order valence-electron chi connectivity index (χ1n) is 8.80. The Kier molecular flexibility index (Phi) is 5.18. The van der Waals surface area contributed by atoms with Crippen LogP contribution in [0.15, 0.2) is 24.5 Å². The zero-order valence-electron chi connectivity index (χ0n) is 15.0. The summed E-state index contributed by atoms with van der Waals surface area (Å²) in [6.45, 7) is 6.17. The Morgan fingerprint density at radius 1 is 1.33 bits per heavy atom. The molecule has 0 aromatic carbocycles. The summed E-state index contributed by atoms with van der Waals surface area (Å²) in [5.74, 6) is 0.245. The van der Waals surface area contributed by atoms with E-state index < -0.39 is 0 Å². The summed E-state index contributed by atoms with van der Waals surface area (Å²) in [5.41, 5.74) is 8.07. The molecule has 2 saturated heterocycles.